The van der Waals surface area contributed by atoms with E-state index in [2.05, 4.69) is 10.0 Å². The van der Waals surface area contributed by atoms with Gasteiger partial charge in [-0.25, -0.2) is 13.1 Å². The lowest BCUT2D eigenvalue weighted by Crippen LogP contribution is -2.31. The summed E-state index contributed by atoms with van der Waals surface area (Å²) in [5.74, 6) is 0.327. The molecule has 0 unspecified atom stereocenters. The van der Waals surface area contributed by atoms with Gasteiger partial charge in [-0.1, -0.05) is 24.3 Å². The molecule has 2 aromatic carbocycles. The van der Waals surface area contributed by atoms with E-state index < -0.39 is 10.0 Å². The molecule has 29 heavy (non-hydrogen) atoms. The average Bonchev–Trinajstić information content (AvgIpc) is 2.67. The van der Waals surface area contributed by atoms with E-state index in [9.17, 15) is 18.0 Å². The van der Waals surface area contributed by atoms with Gasteiger partial charge in [-0.3, -0.25) is 9.59 Å². The van der Waals surface area contributed by atoms with Gasteiger partial charge in [0.15, 0.2) is 5.78 Å². The fourth-order valence-corrected chi connectivity index (χ4v) is 3.63. The Kier molecular flexibility index (Phi) is 8.35. The lowest BCUT2D eigenvalue weighted by Gasteiger charge is -2.09. The molecule has 0 aliphatic rings. The van der Waals surface area contributed by atoms with Crippen LogP contribution in [-0.2, 0) is 14.8 Å². The number of ketones is 1. The molecule has 0 heterocycles. The summed E-state index contributed by atoms with van der Waals surface area (Å²) in [5, 5.41) is 2.73. The Morgan fingerprint density at radius 1 is 1.03 bits per heavy atom. The zero-order valence-electron chi connectivity index (χ0n) is 16.6. The molecule has 0 bridgehead atoms. The number of Topliss-reactive ketones (excluding diaryl/α,β-unsaturated/α-hetero) is 1. The molecule has 2 aromatic rings. The molecule has 0 aromatic heterocycles. The number of carbonyl (C=O) groups is 2. The van der Waals surface area contributed by atoms with E-state index in [0.717, 1.165) is 11.3 Å². The summed E-state index contributed by atoms with van der Waals surface area (Å²) in [6, 6.07) is 13.5. The minimum atomic E-state index is -3.78. The molecule has 0 aliphatic heterocycles. The van der Waals surface area contributed by atoms with Gasteiger partial charge < -0.3 is 10.1 Å². The monoisotopic (exact) mass is 418 g/mol. The second-order valence-electron chi connectivity index (χ2n) is 6.60. The molecule has 0 aliphatic carbocycles. The summed E-state index contributed by atoms with van der Waals surface area (Å²) in [6.07, 6.45) is 0.660. The molecule has 0 atom stereocenters. The van der Waals surface area contributed by atoms with Crippen LogP contribution in [0.4, 0.5) is 0 Å². The normalized spacial score (nSPS) is 11.1. The molecule has 0 radical (unpaired) electrons. The van der Waals surface area contributed by atoms with Crippen LogP contribution in [0.25, 0.3) is 0 Å². The Hall–Kier alpha value is -2.71. The fourth-order valence-electron chi connectivity index (χ4n) is 2.55. The molecule has 7 nitrogen and oxygen atoms in total. The largest absolute Gasteiger partial charge is 0.494 e. The van der Waals surface area contributed by atoms with Crippen LogP contribution in [0.1, 0.15) is 35.7 Å². The number of rotatable bonds is 11. The number of amides is 1. The van der Waals surface area contributed by atoms with E-state index in [1.165, 1.54) is 25.1 Å². The molecule has 0 spiro atoms. The SMILES string of the molecule is CC(=O)c1cccc(S(=O)(=O)NCCC(=O)NCCCOc2cccc(C)c2)c1. The van der Waals surface area contributed by atoms with Crippen LogP contribution in [0.5, 0.6) is 5.75 Å². The Labute approximate surface area is 171 Å². The second-order valence-corrected chi connectivity index (χ2v) is 8.37. The lowest BCUT2D eigenvalue weighted by molar-refractivity contribution is -0.120. The van der Waals surface area contributed by atoms with Crippen molar-refractivity contribution in [3.8, 4) is 5.75 Å². The van der Waals surface area contributed by atoms with Crippen molar-refractivity contribution in [2.45, 2.75) is 31.6 Å². The first-order valence-corrected chi connectivity index (χ1v) is 10.8. The zero-order chi connectivity index (χ0) is 21.3. The van der Waals surface area contributed by atoms with Crippen molar-refractivity contribution in [3.05, 3.63) is 59.7 Å². The highest BCUT2D eigenvalue weighted by molar-refractivity contribution is 7.89. The van der Waals surface area contributed by atoms with E-state index in [1.807, 2.05) is 31.2 Å². The van der Waals surface area contributed by atoms with Crippen molar-refractivity contribution >= 4 is 21.7 Å². The van der Waals surface area contributed by atoms with E-state index in [-0.39, 0.29) is 29.6 Å². The zero-order valence-corrected chi connectivity index (χ0v) is 17.4. The molecule has 0 saturated carbocycles. The Morgan fingerprint density at radius 2 is 1.79 bits per heavy atom. The maximum atomic E-state index is 12.3. The first-order valence-electron chi connectivity index (χ1n) is 9.35. The predicted molar refractivity (Wildman–Crippen MR) is 111 cm³/mol. The molecule has 8 heteroatoms. The summed E-state index contributed by atoms with van der Waals surface area (Å²) in [4.78, 5) is 23.2. The number of nitrogens with one attached hydrogen (secondary N) is 2. The summed E-state index contributed by atoms with van der Waals surface area (Å²) in [6.45, 7) is 4.25. The molecular weight excluding hydrogens is 392 g/mol. The summed E-state index contributed by atoms with van der Waals surface area (Å²) >= 11 is 0. The van der Waals surface area contributed by atoms with E-state index in [0.29, 0.717) is 25.1 Å². The van der Waals surface area contributed by atoms with Crippen LogP contribution in [0, 0.1) is 6.92 Å². The van der Waals surface area contributed by atoms with Gasteiger partial charge in [0.25, 0.3) is 0 Å². The minimum Gasteiger partial charge on any atom is -0.494 e. The number of hydrogen-bond donors (Lipinski definition) is 2. The van der Waals surface area contributed by atoms with Crippen molar-refractivity contribution in [3.63, 3.8) is 0 Å². The van der Waals surface area contributed by atoms with Gasteiger partial charge in [0.2, 0.25) is 15.9 Å². The van der Waals surface area contributed by atoms with Crippen molar-refractivity contribution in [2.24, 2.45) is 0 Å². The average molecular weight is 419 g/mol. The topological polar surface area (TPSA) is 102 Å². The smallest absolute Gasteiger partial charge is 0.240 e. The van der Waals surface area contributed by atoms with Crippen molar-refractivity contribution in [1.29, 1.82) is 0 Å². The van der Waals surface area contributed by atoms with E-state index >= 15 is 0 Å². The molecular formula is C21H26N2O5S. The Balaban J connectivity index is 1.67. The number of ether oxygens (including phenoxy) is 1. The predicted octanol–water partition coefficient (Wildman–Crippen LogP) is 2.45. The molecule has 156 valence electrons. The highest BCUT2D eigenvalue weighted by Gasteiger charge is 2.15. The number of sulfonamides is 1. The number of benzene rings is 2. The summed E-state index contributed by atoms with van der Waals surface area (Å²) in [5.41, 5.74) is 1.43. The maximum Gasteiger partial charge on any atom is 0.240 e. The van der Waals surface area contributed by atoms with Crippen molar-refractivity contribution in [2.75, 3.05) is 19.7 Å². The first kappa shape index (κ1) is 22.6. The standard InChI is InChI=1S/C21H26N2O5S/c1-16-6-3-8-19(14-16)28-13-5-11-22-21(25)10-12-23-29(26,27)20-9-4-7-18(15-20)17(2)24/h3-4,6-9,14-15,23H,5,10-13H2,1-2H3,(H,22,25). The highest BCUT2D eigenvalue weighted by atomic mass is 32.2. The molecule has 2 rings (SSSR count). The molecule has 0 fully saturated rings. The Morgan fingerprint density at radius 3 is 2.52 bits per heavy atom. The van der Waals surface area contributed by atoms with Crippen molar-refractivity contribution < 1.29 is 22.7 Å². The maximum absolute atomic E-state index is 12.3. The third kappa shape index (κ3) is 7.67. The second kappa shape index (κ2) is 10.7. The van der Waals surface area contributed by atoms with Gasteiger partial charge >= 0.3 is 0 Å². The van der Waals surface area contributed by atoms with Gasteiger partial charge in [-0.2, -0.15) is 0 Å². The highest BCUT2D eigenvalue weighted by Crippen LogP contribution is 2.13. The van der Waals surface area contributed by atoms with Gasteiger partial charge in [0.05, 0.1) is 11.5 Å². The van der Waals surface area contributed by atoms with Crippen LogP contribution in [0.2, 0.25) is 0 Å². The van der Waals surface area contributed by atoms with Gasteiger partial charge in [0, 0.05) is 25.1 Å². The van der Waals surface area contributed by atoms with Gasteiger partial charge in [-0.05, 0) is 50.1 Å². The molecule has 0 saturated heterocycles. The molecule has 2 N–H and O–H groups in total. The molecule has 1 amide bonds. The van der Waals surface area contributed by atoms with Gasteiger partial charge in [-0.15, -0.1) is 0 Å². The summed E-state index contributed by atoms with van der Waals surface area (Å²) < 4.78 is 32.5. The van der Waals surface area contributed by atoms with Crippen molar-refractivity contribution in [1.82, 2.24) is 10.0 Å². The third-order valence-electron chi connectivity index (χ3n) is 4.10. The third-order valence-corrected chi connectivity index (χ3v) is 5.56. The number of carbonyl (C=O) groups excluding carboxylic acids is 2. The van der Waals surface area contributed by atoms with E-state index in [4.69, 9.17) is 4.74 Å². The fraction of sp³-hybridized carbons (Fsp3) is 0.333. The van der Waals surface area contributed by atoms with E-state index in [1.54, 1.807) is 6.07 Å². The van der Waals surface area contributed by atoms with Crippen LogP contribution in [0.15, 0.2) is 53.4 Å². The van der Waals surface area contributed by atoms with Crippen LogP contribution >= 0.6 is 0 Å². The quantitative estimate of drug-likeness (QED) is 0.431. The van der Waals surface area contributed by atoms with Crippen LogP contribution in [-0.4, -0.2) is 39.8 Å². The van der Waals surface area contributed by atoms with Crippen LogP contribution < -0.4 is 14.8 Å². The lowest BCUT2D eigenvalue weighted by atomic mass is 10.2. The van der Waals surface area contributed by atoms with Gasteiger partial charge in [0.1, 0.15) is 5.75 Å². The summed E-state index contributed by atoms with van der Waals surface area (Å²) in [7, 11) is -3.78. The minimum absolute atomic E-state index is 0.00101. The first-order chi connectivity index (χ1) is 13.8. The Bertz CT molecular complexity index is 957. The number of hydrogen-bond acceptors (Lipinski definition) is 5. The number of aryl methyl sites for hydroxylation is 1. The van der Waals surface area contributed by atoms with Crippen LogP contribution in [0.3, 0.4) is 0 Å².